The lowest BCUT2D eigenvalue weighted by Crippen LogP contribution is -2.20. The summed E-state index contributed by atoms with van der Waals surface area (Å²) in [6, 6.07) is 28.0. The summed E-state index contributed by atoms with van der Waals surface area (Å²) in [7, 11) is 2.73. The second-order valence-electron chi connectivity index (χ2n) is 7.09. The summed E-state index contributed by atoms with van der Waals surface area (Å²) in [5, 5.41) is 0.955. The van der Waals surface area contributed by atoms with Gasteiger partial charge in [0.05, 0.1) is 19.7 Å². The third-order valence-corrected chi connectivity index (χ3v) is 5.75. The summed E-state index contributed by atoms with van der Waals surface area (Å²) < 4.78 is 15.3. The predicted molar refractivity (Wildman–Crippen MR) is 134 cm³/mol. The van der Waals surface area contributed by atoms with Crippen molar-refractivity contribution in [2.24, 2.45) is 0 Å². The summed E-state index contributed by atoms with van der Waals surface area (Å²) >= 11 is 3.24. The molecule has 174 valence electrons. The average Bonchev–Trinajstić information content (AvgIpc) is 2.91. The van der Waals surface area contributed by atoms with Crippen LogP contribution in [0.25, 0.3) is 10.9 Å². The summed E-state index contributed by atoms with van der Waals surface area (Å²) in [5.41, 5.74) is 2.54. The van der Waals surface area contributed by atoms with Gasteiger partial charge >= 0.3 is 11.9 Å². The quantitative estimate of drug-likeness (QED) is 0.235. The largest absolute Gasteiger partial charge is 0.474 e. The van der Waals surface area contributed by atoms with Crippen LogP contribution in [0.2, 0.25) is 0 Å². The SMILES string of the molecule is COC(=O)C(Br)c1ccccc1.COC(=O)C(Oc1ccc2ncccc2c1)c1ccccc1. The van der Waals surface area contributed by atoms with E-state index in [9.17, 15) is 9.59 Å². The summed E-state index contributed by atoms with van der Waals surface area (Å²) in [5.74, 6) is -0.113. The maximum atomic E-state index is 12.0. The monoisotopic (exact) mass is 521 g/mol. The van der Waals surface area contributed by atoms with E-state index in [0.717, 1.165) is 22.0 Å². The number of carbonyl (C=O) groups excluding carboxylic acids is 2. The van der Waals surface area contributed by atoms with Crippen molar-refractivity contribution in [1.29, 1.82) is 0 Å². The van der Waals surface area contributed by atoms with E-state index in [1.165, 1.54) is 14.2 Å². The average molecular weight is 522 g/mol. The number of nitrogens with zero attached hydrogens (tertiary/aromatic N) is 1. The molecular formula is C27H24BrNO5. The number of alkyl halides is 1. The minimum atomic E-state index is -0.791. The van der Waals surface area contributed by atoms with Crippen molar-refractivity contribution in [1.82, 2.24) is 4.98 Å². The molecule has 0 N–H and O–H groups in total. The van der Waals surface area contributed by atoms with Crippen LogP contribution in [0.5, 0.6) is 5.75 Å². The van der Waals surface area contributed by atoms with Gasteiger partial charge in [0.1, 0.15) is 10.6 Å². The topological polar surface area (TPSA) is 74.7 Å². The van der Waals surface area contributed by atoms with E-state index in [-0.39, 0.29) is 10.8 Å². The van der Waals surface area contributed by atoms with Gasteiger partial charge in [-0.25, -0.2) is 4.79 Å². The smallest absolute Gasteiger partial charge is 0.351 e. The lowest BCUT2D eigenvalue weighted by atomic mass is 10.1. The van der Waals surface area contributed by atoms with Gasteiger partial charge in [0, 0.05) is 17.1 Å². The molecule has 0 aliphatic heterocycles. The summed E-state index contributed by atoms with van der Waals surface area (Å²) in [4.78, 5) is 27.0. The molecule has 7 heteroatoms. The fourth-order valence-corrected chi connectivity index (χ4v) is 3.60. The molecule has 6 nitrogen and oxygen atoms in total. The molecular weight excluding hydrogens is 498 g/mol. The molecule has 0 bridgehead atoms. The Kier molecular flexibility index (Phi) is 9.17. The van der Waals surface area contributed by atoms with Gasteiger partial charge < -0.3 is 14.2 Å². The number of fused-ring (bicyclic) bond motifs is 1. The molecule has 4 aromatic rings. The number of ether oxygens (including phenoxy) is 3. The number of halogens is 1. The highest BCUT2D eigenvalue weighted by Crippen LogP contribution is 2.26. The third-order valence-electron chi connectivity index (χ3n) is 4.85. The van der Waals surface area contributed by atoms with E-state index >= 15 is 0 Å². The number of rotatable bonds is 6. The normalized spacial score (nSPS) is 12.0. The van der Waals surface area contributed by atoms with Gasteiger partial charge in [0.25, 0.3) is 0 Å². The highest BCUT2D eigenvalue weighted by molar-refractivity contribution is 9.09. The number of carbonyl (C=O) groups is 2. The summed E-state index contributed by atoms with van der Waals surface area (Å²) in [6.45, 7) is 0. The Morgan fingerprint density at radius 3 is 2.00 bits per heavy atom. The Balaban J connectivity index is 0.000000229. The van der Waals surface area contributed by atoms with E-state index in [1.807, 2.05) is 84.9 Å². The van der Waals surface area contributed by atoms with Crippen LogP contribution in [0, 0.1) is 0 Å². The zero-order chi connectivity index (χ0) is 24.3. The van der Waals surface area contributed by atoms with Gasteiger partial charge in [-0.1, -0.05) is 82.7 Å². The van der Waals surface area contributed by atoms with E-state index in [0.29, 0.717) is 5.75 Å². The fourth-order valence-electron chi connectivity index (χ4n) is 3.11. The summed E-state index contributed by atoms with van der Waals surface area (Å²) in [6.07, 6.45) is 0.949. The number of aromatic nitrogens is 1. The molecule has 0 radical (unpaired) electrons. The molecule has 1 aromatic heterocycles. The number of hydrogen-bond acceptors (Lipinski definition) is 6. The number of pyridine rings is 1. The Morgan fingerprint density at radius 2 is 1.38 bits per heavy atom. The van der Waals surface area contributed by atoms with Crippen LogP contribution in [0.3, 0.4) is 0 Å². The van der Waals surface area contributed by atoms with Crippen molar-refractivity contribution in [2.75, 3.05) is 14.2 Å². The molecule has 1 heterocycles. The highest BCUT2D eigenvalue weighted by atomic mass is 79.9. The molecule has 3 aromatic carbocycles. The second-order valence-corrected chi connectivity index (χ2v) is 8.00. The van der Waals surface area contributed by atoms with Crippen molar-refractivity contribution < 1.29 is 23.8 Å². The molecule has 2 atom stereocenters. The van der Waals surface area contributed by atoms with Crippen molar-refractivity contribution in [3.8, 4) is 5.75 Å². The van der Waals surface area contributed by atoms with Gasteiger partial charge in [-0.15, -0.1) is 0 Å². The molecule has 4 rings (SSSR count). The standard InChI is InChI=1S/C18H15NO3.C9H9BrO2/c1-21-18(20)17(13-6-3-2-4-7-13)22-15-9-10-16-14(12-15)8-5-11-19-16;1-12-9(11)8(10)7-5-3-2-4-6-7/h2-12,17H,1H3;2-6,8H,1H3. The zero-order valence-corrected chi connectivity index (χ0v) is 20.3. The lowest BCUT2D eigenvalue weighted by Gasteiger charge is -2.17. The van der Waals surface area contributed by atoms with E-state index < -0.39 is 12.1 Å². The molecule has 0 aliphatic carbocycles. The Morgan fingerprint density at radius 1 is 0.765 bits per heavy atom. The molecule has 34 heavy (non-hydrogen) atoms. The Bertz CT molecular complexity index is 1220. The fraction of sp³-hybridized carbons (Fsp3) is 0.148. The molecule has 0 spiro atoms. The molecule has 0 fully saturated rings. The highest BCUT2D eigenvalue weighted by Gasteiger charge is 2.23. The second kappa shape index (κ2) is 12.5. The first-order valence-electron chi connectivity index (χ1n) is 10.4. The van der Waals surface area contributed by atoms with Crippen LogP contribution in [-0.2, 0) is 19.1 Å². The molecule has 0 saturated heterocycles. The zero-order valence-electron chi connectivity index (χ0n) is 18.8. The van der Waals surface area contributed by atoms with Crippen LogP contribution < -0.4 is 4.74 Å². The van der Waals surface area contributed by atoms with Gasteiger partial charge in [-0.05, 0) is 29.8 Å². The van der Waals surface area contributed by atoms with Gasteiger partial charge in [0.15, 0.2) is 0 Å². The van der Waals surface area contributed by atoms with Crippen LogP contribution in [0.1, 0.15) is 22.1 Å². The van der Waals surface area contributed by atoms with Gasteiger partial charge in [-0.3, -0.25) is 9.78 Å². The van der Waals surface area contributed by atoms with E-state index in [2.05, 4.69) is 25.7 Å². The Labute approximate surface area is 206 Å². The van der Waals surface area contributed by atoms with Crippen molar-refractivity contribution in [2.45, 2.75) is 10.9 Å². The molecule has 0 amide bonds. The minimum absolute atomic E-state index is 0.277. The van der Waals surface area contributed by atoms with E-state index in [4.69, 9.17) is 9.47 Å². The van der Waals surface area contributed by atoms with Crippen LogP contribution in [0.4, 0.5) is 0 Å². The Hall–Kier alpha value is -3.71. The first kappa shape index (κ1) is 24.9. The number of esters is 2. The number of methoxy groups -OCH3 is 2. The molecule has 0 saturated carbocycles. The minimum Gasteiger partial charge on any atom is -0.474 e. The first-order chi connectivity index (χ1) is 16.5. The van der Waals surface area contributed by atoms with Crippen LogP contribution in [-0.4, -0.2) is 31.1 Å². The van der Waals surface area contributed by atoms with Crippen molar-refractivity contribution >= 4 is 38.8 Å². The van der Waals surface area contributed by atoms with Crippen LogP contribution >= 0.6 is 15.9 Å². The van der Waals surface area contributed by atoms with Crippen LogP contribution in [0.15, 0.2) is 97.2 Å². The maximum absolute atomic E-state index is 12.0. The maximum Gasteiger partial charge on any atom is 0.351 e. The van der Waals surface area contributed by atoms with Gasteiger partial charge in [0.2, 0.25) is 6.10 Å². The molecule has 0 aliphatic rings. The third kappa shape index (κ3) is 6.65. The number of benzene rings is 3. The van der Waals surface area contributed by atoms with E-state index in [1.54, 1.807) is 12.3 Å². The van der Waals surface area contributed by atoms with Gasteiger partial charge in [-0.2, -0.15) is 0 Å². The number of hydrogen-bond donors (Lipinski definition) is 0. The van der Waals surface area contributed by atoms with Crippen molar-refractivity contribution in [3.63, 3.8) is 0 Å². The van der Waals surface area contributed by atoms with Crippen molar-refractivity contribution in [3.05, 3.63) is 108 Å². The predicted octanol–water partition coefficient (Wildman–Crippen LogP) is 5.82. The first-order valence-corrected chi connectivity index (χ1v) is 11.4. The lowest BCUT2D eigenvalue weighted by molar-refractivity contribution is -0.149. The molecule has 2 unspecified atom stereocenters.